The number of Topliss-reactive ketones (excluding diaryl/α,β-unsaturated/α-hetero) is 1. The van der Waals surface area contributed by atoms with Crippen molar-refractivity contribution < 1.29 is 23.9 Å². The van der Waals surface area contributed by atoms with Crippen LogP contribution in [0.5, 0.6) is 0 Å². The van der Waals surface area contributed by atoms with Crippen LogP contribution >= 0.6 is 0 Å². The molecular formula is C36H45NO5. The molecule has 1 aromatic carbocycles. The first-order chi connectivity index (χ1) is 20.3. The fraction of sp³-hybridized carbons (Fsp3) is 0.639. The molecule has 0 aromatic heterocycles. The molecule has 6 nitrogen and oxygen atoms in total. The lowest BCUT2D eigenvalue weighted by Crippen LogP contribution is -2.79. The molecule has 42 heavy (non-hydrogen) atoms. The first-order valence-corrected chi connectivity index (χ1v) is 16.5. The van der Waals surface area contributed by atoms with E-state index in [-0.39, 0.29) is 23.6 Å². The van der Waals surface area contributed by atoms with E-state index in [1.54, 1.807) is 0 Å². The van der Waals surface area contributed by atoms with Crippen molar-refractivity contribution >= 4 is 17.7 Å². The van der Waals surface area contributed by atoms with Gasteiger partial charge in [-0.05, 0) is 81.7 Å². The van der Waals surface area contributed by atoms with Crippen LogP contribution in [0, 0.1) is 34.5 Å². The van der Waals surface area contributed by atoms with Crippen molar-refractivity contribution in [2.45, 2.75) is 103 Å². The Kier molecular flexibility index (Phi) is 6.62. The zero-order valence-electron chi connectivity index (χ0n) is 25.4. The predicted molar refractivity (Wildman–Crippen MR) is 159 cm³/mol. The van der Waals surface area contributed by atoms with Crippen molar-refractivity contribution in [3.05, 3.63) is 58.2 Å². The first-order valence-electron chi connectivity index (χ1n) is 16.5. The van der Waals surface area contributed by atoms with E-state index in [2.05, 4.69) is 26.0 Å². The Hall–Kier alpha value is -2.73. The smallest absolute Gasteiger partial charge is 0.339 e. The normalized spacial score (nSPS) is 39.1. The zero-order valence-corrected chi connectivity index (χ0v) is 25.4. The van der Waals surface area contributed by atoms with Crippen molar-refractivity contribution in [2.75, 3.05) is 6.54 Å². The quantitative estimate of drug-likeness (QED) is 0.288. The third-order valence-electron chi connectivity index (χ3n) is 12.2. The third-order valence-corrected chi connectivity index (χ3v) is 12.2. The number of hydrogen-bond acceptors (Lipinski definition) is 6. The Balaban J connectivity index is 1.49. The second kappa shape index (κ2) is 9.90. The van der Waals surface area contributed by atoms with E-state index in [0.717, 1.165) is 56.1 Å². The lowest BCUT2D eigenvalue weighted by Gasteiger charge is -2.72. The molecule has 8 atom stereocenters. The number of ether oxygens (including phenoxy) is 2. The number of aryl methyl sites for hydroxylation is 1. The molecule has 6 aliphatic rings. The van der Waals surface area contributed by atoms with Crippen LogP contribution in [-0.2, 0) is 31.1 Å². The lowest BCUT2D eigenvalue weighted by molar-refractivity contribution is -0.298. The number of benzene rings is 1. The van der Waals surface area contributed by atoms with Crippen LogP contribution in [0.2, 0.25) is 0 Å². The Labute approximate surface area is 249 Å². The molecule has 0 amide bonds. The largest absolute Gasteiger partial charge is 0.453 e. The molecule has 2 fully saturated rings. The van der Waals surface area contributed by atoms with Crippen molar-refractivity contribution in [1.82, 2.24) is 0 Å². The van der Waals surface area contributed by atoms with Crippen LogP contribution in [0.4, 0.5) is 0 Å². The molecule has 2 N–H and O–H groups in total. The Bertz CT molecular complexity index is 1410. The van der Waals surface area contributed by atoms with Gasteiger partial charge in [-0.3, -0.25) is 9.59 Å². The Morgan fingerprint density at radius 3 is 2.74 bits per heavy atom. The SMILES string of the molecule is CCCC(=O)[C@@H]1OC(=O)[C@@]23C4=C(CC[C@]12[C@@]1(OC(=O)c2c(CCCN)cccc21)[C@@H]3CCC)[C@H]1C=CC[C@H](C)[C@H]1CC4. The molecule has 1 spiro atoms. The molecule has 224 valence electrons. The predicted octanol–water partition coefficient (Wildman–Crippen LogP) is 6.35. The highest BCUT2D eigenvalue weighted by Gasteiger charge is 2.94. The summed E-state index contributed by atoms with van der Waals surface area (Å²) in [7, 11) is 0. The van der Waals surface area contributed by atoms with Gasteiger partial charge < -0.3 is 15.2 Å². The van der Waals surface area contributed by atoms with E-state index in [0.29, 0.717) is 55.5 Å². The Morgan fingerprint density at radius 2 is 1.98 bits per heavy atom. The van der Waals surface area contributed by atoms with Crippen molar-refractivity contribution in [1.29, 1.82) is 0 Å². The molecule has 4 aliphatic carbocycles. The fourth-order valence-corrected chi connectivity index (χ4v) is 10.9. The molecule has 2 heterocycles. The number of ketones is 1. The molecule has 2 aliphatic heterocycles. The van der Waals surface area contributed by atoms with Gasteiger partial charge in [0.15, 0.2) is 17.5 Å². The summed E-state index contributed by atoms with van der Waals surface area (Å²) < 4.78 is 13.1. The average Bonchev–Trinajstić information content (AvgIpc) is 3.44. The number of fused-ring (bicyclic) bond motifs is 4. The topological polar surface area (TPSA) is 95.7 Å². The van der Waals surface area contributed by atoms with Crippen LogP contribution < -0.4 is 5.73 Å². The average molecular weight is 572 g/mol. The van der Waals surface area contributed by atoms with Crippen molar-refractivity contribution in [3.8, 4) is 0 Å². The van der Waals surface area contributed by atoms with Crippen molar-refractivity contribution in [2.24, 2.45) is 40.2 Å². The van der Waals surface area contributed by atoms with E-state index in [1.165, 1.54) is 11.1 Å². The van der Waals surface area contributed by atoms with Gasteiger partial charge in [0.25, 0.3) is 0 Å². The van der Waals surface area contributed by atoms with Gasteiger partial charge in [-0.25, -0.2) is 4.79 Å². The number of hydrogen-bond donors (Lipinski definition) is 1. The molecule has 0 bridgehead atoms. The van der Waals surface area contributed by atoms with E-state index in [9.17, 15) is 14.4 Å². The second-order valence-corrected chi connectivity index (χ2v) is 13.9. The molecule has 0 unspecified atom stereocenters. The zero-order chi connectivity index (χ0) is 29.4. The molecule has 0 radical (unpaired) electrons. The minimum absolute atomic E-state index is 0.0326. The van der Waals surface area contributed by atoms with Gasteiger partial charge in [-0.2, -0.15) is 0 Å². The standard InChI is InChI=1S/C36H45NO5/c1-4-9-28(38)31-34-19-18-25-24-14-6-11-21(3)23(24)16-17-26(25)35(34,33(40)41-31)29(10-5-2)36(34)27-15-7-12-22(13-8-20-37)30(27)32(39)42-36/h6-7,12,14-15,21,23-24,29,31H,4-5,8-11,13,16-20,37H2,1-3H3/t21-,23+,24-,29+,31-,34-,35-,36-/m0/s1. The summed E-state index contributed by atoms with van der Waals surface area (Å²) in [5, 5.41) is 0. The van der Waals surface area contributed by atoms with Gasteiger partial charge in [0.05, 0.1) is 11.0 Å². The van der Waals surface area contributed by atoms with Gasteiger partial charge in [-0.15, -0.1) is 0 Å². The van der Waals surface area contributed by atoms with Crippen LogP contribution in [0.1, 0.15) is 106 Å². The van der Waals surface area contributed by atoms with Gasteiger partial charge in [0.1, 0.15) is 5.41 Å². The fourth-order valence-electron chi connectivity index (χ4n) is 10.9. The van der Waals surface area contributed by atoms with Crippen LogP contribution in [0.25, 0.3) is 0 Å². The maximum atomic E-state index is 14.6. The summed E-state index contributed by atoms with van der Waals surface area (Å²) in [6, 6.07) is 6.05. The summed E-state index contributed by atoms with van der Waals surface area (Å²) in [5.74, 6) is 0.669. The van der Waals surface area contributed by atoms with E-state index in [4.69, 9.17) is 15.2 Å². The second-order valence-electron chi connectivity index (χ2n) is 13.9. The number of rotatable bonds is 8. The maximum absolute atomic E-state index is 14.6. The molecule has 1 saturated carbocycles. The summed E-state index contributed by atoms with van der Waals surface area (Å²) in [6.45, 7) is 7.03. The summed E-state index contributed by atoms with van der Waals surface area (Å²) in [4.78, 5) is 42.6. The number of carbonyl (C=O) groups is 3. The molecular weight excluding hydrogens is 526 g/mol. The molecule has 6 heteroatoms. The number of carbonyl (C=O) groups excluding carboxylic acids is 3. The van der Waals surface area contributed by atoms with Crippen molar-refractivity contribution in [3.63, 3.8) is 0 Å². The van der Waals surface area contributed by atoms with Gasteiger partial charge in [0, 0.05) is 23.8 Å². The lowest BCUT2D eigenvalue weighted by atomic mass is 9.28. The minimum atomic E-state index is -1.06. The summed E-state index contributed by atoms with van der Waals surface area (Å²) >= 11 is 0. The molecule has 7 rings (SSSR count). The van der Waals surface area contributed by atoms with E-state index >= 15 is 0 Å². The highest BCUT2D eigenvalue weighted by Crippen LogP contribution is 2.86. The molecule has 1 aromatic rings. The molecule has 1 saturated heterocycles. The Morgan fingerprint density at radius 1 is 1.14 bits per heavy atom. The monoisotopic (exact) mass is 571 g/mol. The highest BCUT2D eigenvalue weighted by atomic mass is 16.6. The van der Waals surface area contributed by atoms with Crippen LogP contribution in [-0.4, -0.2) is 30.4 Å². The van der Waals surface area contributed by atoms with Gasteiger partial charge in [0.2, 0.25) is 0 Å². The van der Waals surface area contributed by atoms with Gasteiger partial charge >= 0.3 is 11.9 Å². The maximum Gasteiger partial charge on any atom is 0.339 e. The first kappa shape index (κ1) is 28.1. The third kappa shape index (κ3) is 3.12. The highest BCUT2D eigenvalue weighted by molar-refractivity contribution is 6.02. The summed E-state index contributed by atoms with van der Waals surface area (Å²) in [5.41, 5.74) is 8.02. The number of nitrogens with two attached hydrogens (primary N) is 1. The number of esters is 2. The van der Waals surface area contributed by atoms with E-state index in [1.807, 2.05) is 25.1 Å². The minimum Gasteiger partial charge on any atom is -0.453 e. The van der Waals surface area contributed by atoms with Gasteiger partial charge in [-0.1, -0.05) is 68.7 Å². The van der Waals surface area contributed by atoms with E-state index < -0.39 is 22.5 Å². The summed E-state index contributed by atoms with van der Waals surface area (Å²) in [6.07, 6.45) is 12.3. The van der Waals surface area contributed by atoms with Crippen LogP contribution in [0.15, 0.2) is 41.5 Å². The van der Waals surface area contributed by atoms with Crippen LogP contribution in [0.3, 0.4) is 0 Å². The number of allylic oxidation sites excluding steroid dienone is 3. The number of cyclic esters (lactones) is 1.